The van der Waals surface area contributed by atoms with E-state index in [1.165, 1.54) is 20.8 Å². The molecule has 0 unspecified atom stereocenters. The first-order valence-corrected chi connectivity index (χ1v) is 8.89. The van der Waals surface area contributed by atoms with E-state index in [1.54, 1.807) is 6.92 Å². The minimum Gasteiger partial charge on any atom is -0.455 e. The van der Waals surface area contributed by atoms with Crippen LogP contribution in [0.4, 0.5) is 0 Å². The van der Waals surface area contributed by atoms with Crippen molar-refractivity contribution < 1.29 is 33.7 Å². The van der Waals surface area contributed by atoms with Gasteiger partial charge in [0.25, 0.3) is 0 Å². The SMILES string of the molecule is CC(=O)O[C@@H]1OC[C@@]2(C)C3=CC[C@@H](C)[C@@]3(CC(=O)[C@]2(C)O)[C@H]1OC(C)=O. The fraction of sp³-hybridized carbons (Fsp3) is 0.737. The van der Waals surface area contributed by atoms with E-state index in [2.05, 4.69) is 0 Å². The van der Waals surface area contributed by atoms with Crippen LogP contribution in [0.15, 0.2) is 11.6 Å². The average Bonchev–Trinajstić information content (AvgIpc) is 2.81. The third kappa shape index (κ3) is 2.36. The molecule has 7 nitrogen and oxygen atoms in total. The molecular weight excluding hydrogens is 340 g/mol. The topological polar surface area (TPSA) is 99.1 Å². The molecule has 0 spiro atoms. The second kappa shape index (κ2) is 5.89. The van der Waals surface area contributed by atoms with Crippen molar-refractivity contribution in [3.05, 3.63) is 11.6 Å². The molecule has 6 atom stereocenters. The number of esters is 2. The zero-order valence-electron chi connectivity index (χ0n) is 15.8. The highest BCUT2D eigenvalue weighted by Crippen LogP contribution is 2.65. The molecule has 144 valence electrons. The predicted molar refractivity (Wildman–Crippen MR) is 89.7 cm³/mol. The number of ether oxygens (including phenoxy) is 3. The number of hydrogen-bond acceptors (Lipinski definition) is 7. The first kappa shape index (κ1) is 19.0. The Kier molecular flexibility index (Phi) is 4.31. The van der Waals surface area contributed by atoms with E-state index in [4.69, 9.17) is 14.2 Å². The summed E-state index contributed by atoms with van der Waals surface area (Å²) in [6.45, 7) is 7.75. The summed E-state index contributed by atoms with van der Waals surface area (Å²) in [5, 5.41) is 11.0. The number of carbonyl (C=O) groups is 3. The number of hydrogen-bond donors (Lipinski definition) is 1. The van der Waals surface area contributed by atoms with Gasteiger partial charge in [0.15, 0.2) is 11.9 Å². The third-order valence-electron chi connectivity index (χ3n) is 6.59. The van der Waals surface area contributed by atoms with Crippen LogP contribution in [0.2, 0.25) is 0 Å². The van der Waals surface area contributed by atoms with Crippen LogP contribution < -0.4 is 0 Å². The molecule has 1 N–H and O–H groups in total. The summed E-state index contributed by atoms with van der Waals surface area (Å²) in [7, 11) is 0. The molecular formula is C19H26O7. The Morgan fingerprint density at radius 2 is 1.85 bits per heavy atom. The zero-order chi connectivity index (χ0) is 19.5. The van der Waals surface area contributed by atoms with Crippen LogP contribution in [0.25, 0.3) is 0 Å². The predicted octanol–water partition coefficient (Wildman–Crippen LogP) is 1.52. The molecule has 0 radical (unpaired) electrons. The Balaban J connectivity index is 2.22. The Bertz CT molecular complexity index is 694. The van der Waals surface area contributed by atoms with Gasteiger partial charge in [-0.25, -0.2) is 0 Å². The van der Waals surface area contributed by atoms with E-state index < -0.39 is 40.8 Å². The second-order valence-electron chi connectivity index (χ2n) is 8.12. The molecule has 1 saturated carbocycles. The lowest BCUT2D eigenvalue weighted by Gasteiger charge is -2.54. The molecule has 0 aromatic carbocycles. The fourth-order valence-electron chi connectivity index (χ4n) is 4.91. The molecule has 0 aromatic rings. The maximum atomic E-state index is 12.9. The molecule has 3 aliphatic rings. The van der Waals surface area contributed by atoms with E-state index in [9.17, 15) is 19.5 Å². The zero-order valence-corrected chi connectivity index (χ0v) is 15.8. The van der Waals surface area contributed by atoms with E-state index in [0.29, 0.717) is 6.42 Å². The van der Waals surface area contributed by atoms with Gasteiger partial charge in [0, 0.05) is 31.1 Å². The van der Waals surface area contributed by atoms with E-state index in [0.717, 1.165) is 5.57 Å². The van der Waals surface area contributed by atoms with Gasteiger partial charge in [0.1, 0.15) is 5.60 Å². The quantitative estimate of drug-likeness (QED) is 0.584. The summed E-state index contributed by atoms with van der Waals surface area (Å²) >= 11 is 0. The molecule has 2 fully saturated rings. The summed E-state index contributed by atoms with van der Waals surface area (Å²) in [4.78, 5) is 36.4. The lowest BCUT2D eigenvalue weighted by Crippen LogP contribution is -2.63. The van der Waals surface area contributed by atoms with Gasteiger partial charge in [0.05, 0.1) is 6.61 Å². The largest absolute Gasteiger partial charge is 0.455 e. The van der Waals surface area contributed by atoms with Crippen molar-refractivity contribution in [2.24, 2.45) is 16.7 Å². The maximum Gasteiger partial charge on any atom is 0.305 e. The maximum absolute atomic E-state index is 12.9. The van der Waals surface area contributed by atoms with E-state index in [-0.39, 0.29) is 24.7 Å². The summed E-state index contributed by atoms with van der Waals surface area (Å²) in [6, 6.07) is 0. The minimum absolute atomic E-state index is 0.00165. The van der Waals surface area contributed by atoms with Crippen molar-refractivity contribution in [1.29, 1.82) is 0 Å². The van der Waals surface area contributed by atoms with Crippen LogP contribution in [-0.4, -0.2) is 47.4 Å². The van der Waals surface area contributed by atoms with Gasteiger partial charge in [-0.2, -0.15) is 0 Å². The van der Waals surface area contributed by atoms with Gasteiger partial charge in [-0.3, -0.25) is 14.4 Å². The molecule has 0 amide bonds. The number of allylic oxidation sites excluding steroid dienone is 1. The van der Waals surface area contributed by atoms with Gasteiger partial charge in [-0.15, -0.1) is 0 Å². The highest BCUT2D eigenvalue weighted by molar-refractivity contribution is 5.91. The van der Waals surface area contributed by atoms with Crippen molar-refractivity contribution in [1.82, 2.24) is 0 Å². The van der Waals surface area contributed by atoms with Crippen LogP contribution in [0.1, 0.15) is 47.5 Å². The van der Waals surface area contributed by atoms with Gasteiger partial charge in [0.2, 0.25) is 6.29 Å². The number of ketones is 1. The molecule has 2 bridgehead atoms. The van der Waals surface area contributed by atoms with Crippen LogP contribution >= 0.6 is 0 Å². The van der Waals surface area contributed by atoms with Crippen molar-refractivity contribution in [2.45, 2.75) is 65.5 Å². The number of aliphatic hydroxyl groups is 1. The normalized spacial score (nSPS) is 44.6. The minimum atomic E-state index is -1.63. The summed E-state index contributed by atoms with van der Waals surface area (Å²) < 4.78 is 16.8. The average molecular weight is 366 g/mol. The standard InChI is InChI=1S/C19H26O7/c1-10-6-7-13-17(4)9-24-16(26-12(3)21)15(25-11(2)20)19(10,13)8-14(22)18(17,5)23/h7,10,15-16,23H,6,8-9H2,1-5H3/t10-,15+,16+,17+,18+,19-/m1/s1. The monoisotopic (exact) mass is 366 g/mol. The van der Waals surface area contributed by atoms with Crippen molar-refractivity contribution in [3.63, 3.8) is 0 Å². The molecule has 1 heterocycles. The first-order chi connectivity index (χ1) is 12.0. The van der Waals surface area contributed by atoms with Crippen LogP contribution in [0, 0.1) is 16.7 Å². The lowest BCUT2D eigenvalue weighted by molar-refractivity contribution is -0.226. The third-order valence-corrected chi connectivity index (χ3v) is 6.59. The highest BCUT2D eigenvalue weighted by Gasteiger charge is 2.70. The second-order valence-corrected chi connectivity index (χ2v) is 8.12. The van der Waals surface area contributed by atoms with E-state index >= 15 is 0 Å². The number of rotatable bonds is 2. The summed E-state index contributed by atoms with van der Waals surface area (Å²) in [6.07, 6.45) is 0.612. The Labute approximate surface area is 152 Å². The smallest absolute Gasteiger partial charge is 0.305 e. The fourth-order valence-corrected chi connectivity index (χ4v) is 4.91. The van der Waals surface area contributed by atoms with E-state index in [1.807, 2.05) is 13.0 Å². The van der Waals surface area contributed by atoms with Gasteiger partial charge in [-0.05, 0) is 19.3 Å². The number of Topliss-reactive ketones (excluding diaryl/α,β-unsaturated/α-hetero) is 1. The molecule has 3 rings (SSSR count). The van der Waals surface area contributed by atoms with Crippen molar-refractivity contribution in [3.8, 4) is 0 Å². The van der Waals surface area contributed by atoms with Crippen LogP contribution in [-0.2, 0) is 28.6 Å². The number of carbonyl (C=O) groups excluding carboxylic acids is 3. The van der Waals surface area contributed by atoms with Crippen molar-refractivity contribution >= 4 is 17.7 Å². The van der Waals surface area contributed by atoms with Crippen molar-refractivity contribution in [2.75, 3.05) is 6.61 Å². The highest BCUT2D eigenvalue weighted by atomic mass is 16.7. The molecule has 1 aliphatic heterocycles. The first-order valence-electron chi connectivity index (χ1n) is 8.89. The van der Waals surface area contributed by atoms with Gasteiger partial charge < -0.3 is 19.3 Å². The molecule has 26 heavy (non-hydrogen) atoms. The summed E-state index contributed by atoms with van der Waals surface area (Å²) in [5.41, 5.74) is -2.64. The van der Waals surface area contributed by atoms with Crippen LogP contribution in [0.5, 0.6) is 0 Å². The molecule has 1 saturated heterocycles. The lowest BCUT2D eigenvalue weighted by atomic mass is 9.50. The molecule has 7 heteroatoms. The molecule has 0 aromatic heterocycles. The van der Waals surface area contributed by atoms with Crippen LogP contribution in [0.3, 0.4) is 0 Å². The Morgan fingerprint density at radius 3 is 2.42 bits per heavy atom. The molecule has 2 aliphatic carbocycles. The Morgan fingerprint density at radius 1 is 1.23 bits per heavy atom. The van der Waals surface area contributed by atoms with Gasteiger partial charge in [-0.1, -0.05) is 25.5 Å². The van der Waals surface area contributed by atoms with Gasteiger partial charge >= 0.3 is 11.9 Å². The summed E-state index contributed by atoms with van der Waals surface area (Å²) in [5.74, 6) is -1.48. The Hall–Kier alpha value is -1.73.